The van der Waals surface area contributed by atoms with Crippen molar-refractivity contribution in [1.29, 1.82) is 0 Å². The Morgan fingerprint density at radius 1 is 1.35 bits per heavy atom. The van der Waals surface area contributed by atoms with Crippen LogP contribution in [0.3, 0.4) is 0 Å². The smallest absolute Gasteiger partial charge is 0.201 e. The lowest BCUT2D eigenvalue weighted by Gasteiger charge is -2.05. The normalized spacial score (nSPS) is 11.2. The molecule has 0 amide bonds. The van der Waals surface area contributed by atoms with Crippen molar-refractivity contribution in [2.75, 3.05) is 17.7 Å². The molecule has 0 saturated carbocycles. The van der Waals surface area contributed by atoms with Gasteiger partial charge in [0.1, 0.15) is 0 Å². The largest absolute Gasteiger partial charge is 0.369 e. The average molecular weight is 249 g/mol. The number of unbranched alkanes of at least 4 members (excludes halogenated alkanes) is 1. The highest BCUT2D eigenvalue weighted by Crippen LogP contribution is 2.19. The fraction of sp³-hybridized carbons (Fsp3) is 0.462. The third kappa shape index (κ3) is 2.75. The Hall–Kier alpha value is -1.16. The number of nitrogens with two attached hydrogens (primary N) is 1. The molecule has 0 atom stereocenters. The van der Waals surface area contributed by atoms with Crippen molar-refractivity contribution in [1.82, 2.24) is 9.55 Å². The van der Waals surface area contributed by atoms with Gasteiger partial charge in [-0.3, -0.25) is 0 Å². The lowest BCUT2D eigenvalue weighted by molar-refractivity contribution is 0.656. The Labute approximate surface area is 106 Å². The van der Waals surface area contributed by atoms with Gasteiger partial charge in [0.15, 0.2) is 0 Å². The topological polar surface area (TPSA) is 43.8 Å². The number of hydrogen-bond acceptors (Lipinski definition) is 3. The maximum Gasteiger partial charge on any atom is 0.201 e. The van der Waals surface area contributed by atoms with E-state index in [4.69, 9.17) is 5.73 Å². The van der Waals surface area contributed by atoms with E-state index in [-0.39, 0.29) is 0 Å². The first-order chi connectivity index (χ1) is 8.22. The number of rotatable bonds is 5. The summed E-state index contributed by atoms with van der Waals surface area (Å²) in [5.74, 6) is 1.85. The number of benzene rings is 1. The van der Waals surface area contributed by atoms with Gasteiger partial charge < -0.3 is 10.3 Å². The maximum atomic E-state index is 5.96. The van der Waals surface area contributed by atoms with Crippen LogP contribution in [0.25, 0.3) is 11.0 Å². The second-order valence-corrected chi connectivity index (χ2v) is 5.30. The van der Waals surface area contributed by atoms with Gasteiger partial charge in [0, 0.05) is 6.54 Å². The minimum atomic E-state index is 0.634. The fourth-order valence-electron chi connectivity index (χ4n) is 2.01. The highest BCUT2D eigenvalue weighted by atomic mass is 32.2. The molecule has 4 heteroatoms. The zero-order chi connectivity index (χ0) is 12.3. The van der Waals surface area contributed by atoms with Gasteiger partial charge in [0.25, 0.3) is 0 Å². The molecule has 3 nitrogen and oxygen atoms in total. The predicted octanol–water partition coefficient (Wildman–Crippen LogP) is 3.07. The van der Waals surface area contributed by atoms with Crippen LogP contribution in [-0.4, -0.2) is 21.6 Å². The van der Waals surface area contributed by atoms with Crippen molar-refractivity contribution in [2.24, 2.45) is 0 Å². The van der Waals surface area contributed by atoms with E-state index >= 15 is 0 Å². The molecule has 0 fully saturated rings. The molecule has 1 heterocycles. The fourth-order valence-corrected chi connectivity index (χ4v) is 2.50. The van der Waals surface area contributed by atoms with Crippen molar-refractivity contribution in [3.63, 3.8) is 0 Å². The number of imidazole rings is 1. The molecule has 17 heavy (non-hydrogen) atoms. The molecule has 0 aliphatic heterocycles. The monoisotopic (exact) mass is 249 g/mol. The molecule has 2 rings (SSSR count). The van der Waals surface area contributed by atoms with Crippen LogP contribution in [0, 0.1) is 6.92 Å². The molecular weight excluding hydrogens is 230 g/mol. The molecule has 0 bridgehead atoms. The van der Waals surface area contributed by atoms with Crippen LogP contribution in [0.5, 0.6) is 0 Å². The number of anilines is 1. The highest BCUT2D eigenvalue weighted by Gasteiger charge is 2.07. The highest BCUT2D eigenvalue weighted by molar-refractivity contribution is 7.98. The van der Waals surface area contributed by atoms with Gasteiger partial charge in [0.2, 0.25) is 5.95 Å². The van der Waals surface area contributed by atoms with Gasteiger partial charge in [-0.15, -0.1) is 0 Å². The van der Waals surface area contributed by atoms with Crippen molar-refractivity contribution in [3.8, 4) is 0 Å². The van der Waals surface area contributed by atoms with Crippen LogP contribution in [0.2, 0.25) is 0 Å². The van der Waals surface area contributed by atoms with Crippen molar-refractivity contribution in [2.45, 2.75) is 26.3 Å². The quantitative estimate of drug-likeness (QED) is 0.828. The van der Waals surface area contributed by atoms with Crippen LogP contribution in [0.4, 0.5) is 5.95 Å². The number of aryl methyl sites for hydroxylation is 2. The van der Waals surface area contributed by atoms with E-state index in [9.17, 15) is 0 Å². The van der Waals surface area contributed by atoms with Gasteiger partial charge in [-0.05, 0) is 49.5 Å². The van der Waals surface area contributed by atoms with Crippen LogP contribution in [0.1, 0.15) is 18.4 Å². The van der Waals surface area contributed by atoms with Gasteiger partial charge in [-0.2, -0.15) is 11.8 Å². The minimum Gasteiger partial charge on any atom is -0.369 e. The van der Waals surface area contributed by atoms with Crippen LogP contribution >= 0.6 is 11.8 Å². The molecule has 0 unspecified atom stereocenters. The standard InChI is InChI=1S/C13H19N3S/c1-10-5-6-12-11(9-10)15-13(14)16(12)7-3-4-8-17-2/h5-6,9H,3-4,7-8H2,1-2H3,(H2,14,15). The van der Waals surface area contributed by atoms with E-state index in [2.05, 4.69) is 40.9 Å². The Balaban J connectivity index is 2.18. The first kappa shape index (κ1) is 12.3. The molecule has 1 aromatic heterocycles. The Bertz CT molecular complexity index is 505. The number of hydrogen-bond donors (Lipinski definition) is 1. The molecule has 92 valence electrons. The van der Waals surface area contributed by atoms with E-state index in [1.807, 2.05) is 11.8 Å². The molecule has 1 aromatic carbocycles. The van der Waals surface area contributed by atoms with Crippen molar-refractivity contribution in [3.05, 3.63) is 23.8 Å². The zero-order valence-corrected chi connectivity index (χ0v) is 11.3. The summed E-state index contributed by atoms with van der Waals surface area (Å²) >= 11 is 1.89. The van der Waals surface area contributed by atoms with Gasteiger partial charge in [-0.1, -0.05) is 6.07 Å². The summed E-state index contributed by atoms with van der Waals surface area (Å²) in [4.78, 5) is 4.41. The molecule has 0 aliphatic rings. The third-order valence-electron chi connectivity index (χ3n) is 2.91. The Morgan fingerprint density at radius 2 is 2.18 bits per heavy atom. The van der Waals surface area contributed by atoms with Crippen LogP contribution in [0.15, 0.2) is 18.2 Å². The average Bonchev–Trinajstić information content (AvgIpc) is 2.60. The van der Waals surface area contributed by atoms with E-state index in [0.717, 1.165) is 24.0 Å². The first-order valence-electron chi connectivity index (χ1n) is 5.93. The second-order valence-electron chi connectivity index (χ2n) is 4.31. The lowest BCUT2D eigenvalue weighted by Crippen LogP contribution is -2.03. The number of nitrogens with zero attached hydrogens (tertiary/aromatic N) is 2. The van der Waals surface area contributed by atoms with Gasteiger partial charge >= 0.3 is 0 Å². The van der Waals surface area contributed by atoms with Crippen LogP contribution < -0.4 is 5.73 Å². The molecule has 2 aromatic rings. The summed E-state index contributed by atoms with van der Waals surface area (Å²) in [6, 6.07) is 6.31. The minimum absolute atomic E-state index is 0.634. The number of thioether (sulfide) groups is 1. The Kier molecular flexibility index (Phi) is 3.94. The predicted molar refractivity (Wildman–Crippen MR) is 76.5 cm³/mol. The van der Waals surface area contributed by atoms with Gasteiger partial charge in [0.05, 0.1) is 11.0 Å². The summed E-state index contributed by atoms with van der Waals surface area (Å²) in [5, 5.41) is 0. The molecule has 0 spiro atoms. The Morgan fingerprint density at radius 3 is 2.94 bits per heavy atom. The summed E-state index contributed by atoms with van der Waals surface area (Å²) in [7, 11) is 0. The van der Waals surface area contributed by atoms with Crippen molar-refractivity contribution >= 4 is 28.7 Å². The summed E-state index contributed by atoms with van der Waals surface area (Å²) in [6.45, 7) is 3.04. The summed E-state index contributed by atoms with van der Waals surface area (Å²) in [5.41, 5.74) is 9.35. The van der Waals surface area contributed by atoms with E-state index in [0.29, 0.717) is 5.95 Å². The lowest BCUT2D eigenvalue weighted by atomic mass is 10.2. The zero-order valence-electron chi connectivity index (χ0n) is 10.4. The number of fused-ring (bicyclic) bond motifs is 1. The summed E-state index contributed by atoms with van der Waals surface area (Å²) < 4.78 is 2.12. The molecule has 0 saturated heterocycles. The molecule has 2 N–H and O–H groups in total. The van der Waals surface area contributed by atoms with E-state index in [1.54, 1.807) is 0 Å². The van der Waals surface area contributed by atoms with E-state index in [1.165, 1.54) is 17.7 Å². The van der Waals surface area contributed by atoms with Crippen molar-refractivity contribution < 1.29 is 0 Å². The second kappa shape index (κ2) is 5.45. The summed E-state index contributed by atoms with van der Waals surface area (Å²) in [6.07, 6.45) is 4.53. The number of nitrogen functional groups attached to an aromatic ring is 1. The molecule has 0 aliphatic carbocycles. The van der Waals surface area contributed by atoms with E-state index < -0.39 is 0 Å². The first-order valence-corrected chi connectivity index (χ1v) is 7.33. The molecular formula is C13H19N3S. The van der Waals surface area contributed by atoms with Gasteiger partial charge in [-0.25, -0.2) is 4.98 Å². The van der Waals surface area contributed by atoms with Crippen LogP contribution in [-0.2, 0) is 6.54 Å². The third-order valence-corrected chi connectivity index (χ3v) is 3.61. The molecule has 0 radical (unpaired) electrons. The SMILES string of the molecule is CSCCCCn1c(N)nc2cc(C)ccc21. The maximum absolute atomic E-state index is 5.96. The number of aromatic nitrogens is 2.